The summed E-state index contributed by atoms with van der Waals surface area (Å²) in [5.74, 6) is 0. The van der Waals surface area contributed by atoms with Gasteiger partial charge in [0.15, 0.2) is 0 Å². The number of nitriles is 1. The highest BCUT2D eigenvalue weighted by Crippen LogP contribution is 2.21. The Labute approximate surface area is 174 Å². The summed E-state index contributed by atoms with van der Waals surface area (Å²) in [7, 11) is 0. The monoisotopic (exact) mass is 383 g/mol. The Kier molecular flexibility index (Phi) is 6.82. The van der Waals surface area contributed by atoms with Crippen molar-refractivity contribution in [2.45, 2.75) is 47.0 Å². The molecule has 0 aromatic heterocycles. The van der Waals surface area contributed by atoms with Crippen LogP contribution in [0, 0.1) is 32.1 Å². The Morgan fingerprint density at radius 2 is 1.24 bits per heavy atom. The molecule has 3 aromatic rings. The first-order valence-electron chi connectivity index (χ1n) is 10.0. The van der Waals surface area contributed by atoms with Gasteiger partial charge in [-0.3, -0.25) is 4.90 Å². The van der Waals surface area contributed by atoms with Crippen LogP contribution in [0.4, 0.5) is 0 Å². The minimum absolute atomic E-state index is 0.566. The SMILES string of the molecule is Cc1cc(C)c(CN(Cc2ccc(C#N)cc2)Cc2ccc(CN)cc2)c(C)c1. The molecule has 0 radical (unpaired) electrons. The van der Waals surface area contributed by atoms with Crippen LogP contribution >= 0.6 is 0 Å². The molecule has 0 bridgehead atoms. The molecule has 29 heavy (non-hydrogen) atoms. The van der Waals surface area contributed by atoms with Crippen LogP contribution in [0.3, 0.4) is 0 Å². The lowest BCUT2D eigenvalue weighted by Gasteiger charge is -2.25. The number of nitrogens with zero attached hydrogens (tertiary/aromatic N) is 2. The van der Waals surface area contributed by atoms with Crippen molar-refractivity contribution in [1.29, 1.82) is 5.26 Å². The maximum atomic E-state index is 9.06. The molecule has 0 aliphatic carbocycles. The van der Waals surface area contributed by atoms with Crippen LogP contribution in [0.15, 0.2) is 60.7 Å². The number of nitrogens with two attached hydrogens (primary N) is 1. The minimum Gasteiger partial charge on any atom is -0.326 e. The predicted molar refractivity (Wildman–Crippen MR) is 119 cm³/mol. The van der Waals surface area contributed by atoms with E-state index in [1.54, 1.807) is 0 Å². The van der Waals surface area contributed by atoms with Gasteiger partial charge in [-0.1, -0.05) is 54.1 Å². The highest BCUT2D eigenvalue weighted by atomic mass is 15.1. The quantitative estimate of drug-likeness (QED) is 0.614. The Morgan fingerprint density at radius 3 is 1.72 bits per heavy atom. The predicted octanol–water partition coefficient (Wildman–Crippen LogP) is 5.14. The van der Waals surface area contributed by atoms with E-state index in [0.29, 0.717) is 12.1 Å². The first kappa shape index (κ1) is 20.8. The Balaban J connectivity index is 1.86. The maximum absolute atomic E-state index is 9.06. The van der Waals surface area contributed by atoms with Gasteiger partial charge in [0.05, 0.1) is 11.6 Å². The zero-order valence-electron chi connectivity index (χ0n) is 17.6. The second-order valence-corrected chi connectivity index (χ2v) is 7.85. The van der Waals surface area contributed by atoms with Crippen LogP contribution < -0.4 is 5.73 Å². The molecule has 0 saturated heterocycles. The van der Waals surface area contributed by atoms with Gasteiger partial charge in [-0.15, -0.1) is 0 Å². The summed E-state index contributed by atoms with van der Waals surface area (Å²) < 4.78 is 0. The van der Waals surface area contributed by atoms with Gasteiger partial charge < -0.3 is 5.73 Å². The Morgan fingerprint density at radius 1 is 0.759 bits per heavy atom. The molecule has 148 valence electrons. The van der Waals surface area contributed by atoms with E-state index in [-0.39, 0.29) is 0 Å². The van der Waals surface area contributed by atoms with Gasteiger partial charge in [-0.05, 0) is 66.3 Å². The Hall–Kier alpha value is -2.93. The number of benzene rings is 3. The molecule has 3 rings (SSSR count). The lowest BCUT2D eigenvalue weighted by atomic mass is 9.99. The van der Waals surface area contributed by atoms with Crippen molar-refractivity contribution in [1.82, 2.24) is 4.90 Å². The molecule has 0 unspecified atom stereocenters. The molecular formula is C26H29N3. The first-order chi connectivity index (χ1) is 14.0. The topological polar surface area (TPSA) is 53.0 Å². The summed E-state index contributed by atoms with van der Waals surface area (Å²) in [5, 5.41) is 9.06. The van der Waals surface area contributed by atoms with Gasteiger partial charge in [0.25, 0.3) is 0 Å². The van der Waals surface area contributed by atoms with Crippen LogP contribution in [0.5, 0.6) is 0 Å². The summed E-state index contributed by atoms with van der Waals surface area (Å²) in [6.07, 6.45) is 0. The van der Waals surface area contributed by atoms with Crippen LogP contribution in [0.25, 0.3) is 0 Å². The summed E-state index contributed by atoms with van der Waals surface area (Å²) in [6.45, 7) is 9.69. The molecule has 0 aliphatic rings. The van der Waals surface area contributed by atoms with Crippen molar-refractivity contribution >= 4 is 0 Å². The summed E-state index contributed by atoms with van der Waals surface area (Å²) in [4.78, 5) is 2.46. The normalized spacial score (nSPS) is 10.9. The fourth-order valence-corrected chi connectivity index (χ4v) is 3.83. The molecule has 0 atom stereocenters. The van der Waals surface area contributed by atoms with Crippen molar-refractivity contribution in [2.75, 3.05) is 0 Å². The van der Waals surface area contributed by atoms with Gasteiger partial charge in [-0.25, -0.2) is 0 Å². The molecule has 0 fully saturated rings. The van der Waals surface area contributed by atoms with E-state index in [9.17, 15) is 0 Å². The van der Waals surface area contributed by atoms with E-state index in [2.05, 4.69) is 80.3 Å². The van der Waals surface area contributed by atoms with Crippen molar-refractivity contribution in [3.8, 4) is 6.07 Å². The summed E-state index contributed by atoms with van der Waals surface area (Å²) in [6, 6.07) is 23.2. The van der Waals surface area contributed by atoms with Gasteiger partial charge in [0.1, 0.15) is 0 Å². The van der Waals surface area contributed by atoms with Gasteiger partial charge in [-0.2, -0.15) is 5.26 Å². The standard InChI is InChI=1S/C26H29N3/c1-19-12-20(2)26(21(3)13-19)18-29(16-24-8-4-22(14-27)5-9-24)17-25-10-6-23(15-28)7-11-25/h4-13H,14,16-18,27H2,1-3H3. The number of hydrogen-bond acceptors (Lipinski definition) is 3. The first-order valence-corrected chi connectivity index (χ1v) is 10.0. The third kappa shape index (κ3) is 5.54. The molecule has 3 aromatic carbocycles. The summed E-state index contributed by atoms with van der Waals surface area (Å²) >= 11 is 0. The number of rotatable bonds is 7. The van der Waals surface area contributed by atoms with Gasteiger partial charge >= 0.3 is 0 Å². The summed E-state index contributed by atoms with van der Waals surface area (Å²) in [5.41, 5.74) is 15.5. The van der Waals surface area contributed by atoms with E-state index >= 15 is 0 Å². The van der Waals surface area contributed by atoms with Gasteiger partial charge in [0, 0.05) is 26.2 Å². The molecule has 0 aliphatic heterocycles. The van der Waals surface area contributed by atoms with Crippen molar-refractivity contribution in [2.24, 2.45) is 5.73 Å². The molecule has 0 amide bonds. The van der Waals surface area contributed by atoms with Crippen molar-refractivity contribution < 1.29 is 0 Å². The van der Waals surface area contributed by atoms with Crippen molar-refractivity contribution in [3.05, 3.63) is 105 Å². The largest absolute Gasteiger partial charge is 0.326 e. The fraction of sp³-hybridized carbons (Fsp3) is 0.269. The number of hydrogen-bond donors (Lipinski definition) is 1. The molecular weight excluding hydrogens is 354 g/mol. The van der Waals surface area contributed by atoms with E-state index in [4.69, 9.17) is 11.0 Å². The third-order valence-electron chi connectivity index (χ3n) is 5.38. The fourth-order valence-electron chi connectivity index (χ4n) is 3.83. The lowest BCUT2D eigenvalue weighted by Crippen LogP contribution is -2.23. The lowest BCUT2D eigenvalue weighted by molar-refractivity contribution is 0.246. The maximum Gasteiger partial charge on any atom is 0.0991 e. The van der Waals surface area contributed by atoms with Gasteiger partial charge in [0.2, 0.25) is 0 Å². The van der Waals surface area contributed by atoms with E-state index in [1.165, 1.54) is 33.4 Å². The Bertz CT molecular complexity index is 973. The van der Waals surface area contributed by atoms with Crippen LogP contribution in [0.1, 0.15) is 44.5 Å². The molecule has 0 spiro atoms. The molecule has 2 N–H and O–H groups in total. The van der Waals surface area contributed by atoms with Crippen molar-refractivity contribution in [3.63, 3.8) is 0 Å². The second-order valence-electron chi connectivity index (χ2n) is 7.85. The smallest absolute Gasteiger partial charge is 0.0991 e. The van der Waals surface area contributed by atoms with E-state index < -0.39 is 0 Å². The second kappa shape index (κ2) is 9.52. The minimum atomic E-state index is 0.566. The zero-order chi connectivity index (χ0) is 20.8. The molecule has 0 saturated carbocycles. The molecule has 0 heterocycles. The van der Waals surface area contributed by atoms with E-state index in [1.807, 2.05) is 12.1 Å². The average Bonchev–Trinajstić information content (AvgIpc) is 2.71. The third-order valence-corrected chi connectivity index (χ3v) is 5.38. The number of aryl methyl sites for hydroxylation is 3. The van der Waals surface area contributed by atoms with Crippen LogP contribution in [0.2, 0.25) is 0 Å². The average molecular weight is 384 g/mol. The molecule has 3 heteroatoms. The highest BCUT2D eigenvalue weighted by Gasteiger charge is 2.12. The van der Waals surface area contributed by atoms with Crippen LogP contribution in [-0.4, -0.2) is 4.90 Å². The zero-order valence-corrected chi connectivity index (χ0v) is 17.6. The van der Waals surface area contributed by atoms with Crippen LogP contribution in [-0.2, 0) is 26.2 Å². The highest BCUT2D eigenvalue weighted by molar-refractivity contribution is 5.38. The van der Waals surface area contributed by atoms with E-state index in [0.717, 1.165) is 25.2 Å². The molecule has 3 nitrogen and oxygen atoms in total.